The standard InChI is InChI=1S/C14H16N4O3/c1-9-16-13(21-17-9)7-15-14(19)12-8-18(2)10-5-3-4-6-11(10)20-12/h3-6,12H,7-8H2,1-2H3,(H,15,19). The minimum absolute atomic E-state index is 0.199. The van der Waals surface area contributed by atoms with Crippen molar-refractivity contribution in [3.63, 3.8) is 0 Å². The van der Waals surface area contributed by atoms with Gasteiger partial charge in [0.15, 0.2) is 11.9 Å². The van der Waals surface area contributed by atoms with E-state index < -0.39 is 6.10 Å². The highest BCUT2D eigenvalue weighted by molar-refractivity contribution is 5.83. The van der Waals surface area contributed by atoms with Crippen LogP contribution in [-0.2, 0) is 11.3 Å². The first-order valence-electron chi connectivity index (χ1n) is 6.67. The SMILES string of the molecule is Cc1noc(CNC(=O)C2CN(C)c3ccccc3O2)n1. The second-order valence-electron chi connectivity index (χ2n) is 4.91. The van der Waals surface area contributed by atoms with E-state index >= 15 is 0 Å². The predicted octanol–water partition coefficient (Wildman–Crippen LogP) is 0.892. The zero-order valence-corrected chi connectivity index (χ0v) is 11.9. The lowest BCUT2D eigenvalue weighted by molar-refractivity contribution is -0.128. The molecule has 2 heterocycles. The zero-order chi connectivity index (χ0) is 14.8. The first kappa shape index (κ1) is 13.4. The van der Waals surface area contributed by atoms with Gasteiger partial charge < -0.3 is 19.5 Å². The van der Waals surface area contributed by atoms with Crippen molar-refractivity contribution >= 4 is 11.6 Å². The Morgan fingerprint density at radius 2 is 2.29 bits per heavy atom. The van der Waals surface area contributed by atoms with Crippen LogP contribution in [0.15, 0.2) is 28.8 Å². The first-order valence-corrected chi connectivity index (χ1v) is 6.67. The fraction of sp³-hybridized carbons (Fsp3) is 0.357. The quantitative estimate of drug-likeness (QED) is 0.903. The average Bonchev–Trinajstić information content (AvgIpc) is 2.90. The van der Waals surface area contributed by atoms with Gasteiger partial charge in [-0.25, -0.2) is 0 Å². The largest absolute Gasteiger partial charge is 0.477 e. The predicted molar refractivity (Wildman–Crippen MR) is 75.0 cm³/mol. The summed E-state index contributed by atoms with van der Waals surface area (Å²) in [6.45, 7) is 2.42. The molecule has 1 aromatic carbocycles. The van der Waals surface area contributed by atoms with Gasteiger partial charge in [-0.1, -0.05) is 17.3 Å². The topological polar surface area (TPSA) is 80.5 Å². The van der Waals surface area contributed by atoms with Crippen molar-refractivity contribution < 1.29 is 14.1 Å². The van der Waals surface area contributed by atoms with Crippen molar-refractivity contribution in [2.75, 3.05) is 18.5 Å². The molecule has 0 spiro atoms. The maximum absolute atomic E-state index is 12.2. The van der Waals surface area contributed by atoms with E-state index in [0.717, 1.165) is 5.69 Å². The number of rotatable bonds is 3. The summed E-state index contributed by atoms with van der Waals surface area (Å²) < 4.78 is 10.7. The molecular formula is C14H16N4O3. The monoisotopic (exact) mass is 288 g/mol. The highest BCUT2D eigenvalue weighted by atomic mass is 16.5. The number of anilines is 1. The Labute approximate surface area is 121 Å². The molecule has 0 aliphatic carbocycles. The third-order valence-electron chi connectivity index (χ3n) is 3.26. The van der Waals surface area contributed by atoms with E-state index in [1.165, 1.54) is 0 Å². The van der Waals surface area contributed by atoms with Gasteiger partial charge in [-0.15, -0.1) is 0 Å². The number of nitrogens with zero attached hydrogens (tertiary/aromatic N) is 3. The van der Waals surface area contributed by atoms with Crippen LogP contribution in [0, 0.1) is 6.92 Å². The molecule has 2 aromatic rings. The van der Waals surface area contributed by atoms with E-state index in [1.807, 2.05) is 36.2 Å². The highest BCUT2D eigenvalue weighted by Gasteiger charge is 2.28. The summed E-state index contributed by atoms with van der Waals surface area (Å²) in [5, 5.41) is 6.42. The Morgan fingerprint density at radius 3 is 3.05 bits per heavy atom. The lowest BCUT2D eigenvalue weighted by Gasteiger charge is -2.32. The maximum atomic E-state index is 12.2. The average molecular weight is 288 g/mol. The van der Waals surface area contributed by atoms with Gasteiger partial charge in [0.1, 0.15) is 5.75 Å². The minimum Gasteiger partial charge on any atom is -0.477 e. The van der Waals surface area contributed by atoms with Crippen molar-refractivity contribution in [3.8, 4) is 5.75 Å². The molecule has 0 radical (unpaired) electrons. The highest BCUT2D eigenvalue weighted by Crippen LogP contribution is 2.31. The van der Waals surface area contributed by atoms with E-state index in [4.69, 9.17) is 9.26 Å². The van der Waals surface area contributed by atoms with Gasteiger partial charge in [0.2, 0.25) is 5.89 Å². The maximum Gasteiger partial charge on any atom is 0.263 e. The molecule has 1 aliphatic rings. The van der Waals surface area contributed by atoms with Crippen LogP contribution in [0.1, 0.15) is 11.7 Å². The molecule has 1 atom stereocenters. The number of hydrogen-bond donors (Lipinski definition) is 1. The Kier molecular flexibility index (Phi) is 3.47. The Bertz CT molecular complexity index is 655. The molecule has 0 fully saturated rings. The number of nitrogens with one attached hydrogen (secondary N) is 1. The van der Waals surface area contributed by atoms with Gasteiger partial charge in [-0.3, -0.25) is 4.79 Å². The first-order chi connectivity index (χ1) is 10.1. The molecule has 3 rings (SSSR count). The fourth-order valence-corrected chi connectivity index (χ4v) is 2.23. The number of amides is 1. The normalized spacial score (nSPS) is 17.0. The van der Waals surface area contributed by atoms with Crippen molar-refractivity contribution in [1.29, 1.82) is 0 Å². The summed E-state index contributed by atoms with van der Waals surface area (Å²) >= 11 is 0. The number of likely N-dealkylation sites (N-methyl/N-ethyl adjacent to an activating group) is 1. The van der Waals surface area contributed by atoms with E-state index in [-0.39, 0.29) is 12.5 Å². The second-order valence-corrected chi connectivity index (χ2v) is 4.91. The number of ether oxygens (including phenoxy) is 1. The molecule has 21 heavy (non-hydrogen) atoms. The van der Waals surface area contributed by atoms with Crippen molar-refractivity contribution in [2.24, 2.45) is 0 Å². The number of benzene rings is 1. The second kappa shape index (κ2) is 5.43. The van der Waals surface area contributed by atoms with E-state index in [1.54, 1.807) is 6.92 Å². The van der Waals surface area contributed by atoms with Crippen LogP contribution in [-0.4, -0.2) is 35.7 Å². The summed E-state index contributed by atoms with van der Waals surface area (Å²) in [6.07, 6.45) is -0.561. The summed E-state index contributed by atoms with van der Waals surface area (Å²) in [5.41, 5.74) is 0.981. The number of aryl methyl sites for hydroxylation is 1. The molecule has 7 heteroatoms. The Morgan fingerprint density at radius 1 is 1.48 bits per heavy atom. The van der Waals surface area contributed by atoms with Gasteiger partial charge in [0.05, 0.1) is 18.8 Å². The van der Waals surface area contributed by atoms with Gasteiger partial charge in [0.25, 0.3) is 5.91 Å². The van der Waals surface area contributed by atoms with Crippen LogP contribution in [0.4, 0.5) is 5.69 Å². The molecule has 110 valence electrons. The van der Waals surface area contributed by atoms with Gasteiger partial charge >= 0.3 is 0 Å². The summed E-state index contributed by atoms with van der Waals surface area (Å²) in [5.74, 6) is 1.43. The summed E-state index contributed by atoms with van der Waals surface area (Å²) in [6, 6.07) is 7.64. The molecule has 0 saturated heterocycles. The molecule has 1 N–H and O–H groups in total. The van der Waals surface area contributed by atoms with Crippen LogP contribution in [0.5, 0.6) is 5.75 Å². The lowest BCUT2D eigenvalue weighted by Crippen LogP contribution is -2.47. The number of aromatic nitrogens is 2. The molecule has 1 aliphatic heterocycles. The van der Waals surface area contributed by atoms with Crippen LogP contribution in [0.2, 0.25) is 0 Å². The van der Waals surface area contributed by atoms with E-state index in [0.29, 0.717) is 24.0 Å². The van der Waals surface area contributed by atoms with Crippen LogP contribution in [0.3, 0.4) is 0 Å². The lowest BCUT2D eigenvalue weighted by atomic mass is 10.2. The van der Waals surface area contributed by atoms with Crippen LogP contribution < -0.4 is 15.0 Å². The number of hydrogen-bond acceptors (Lipinski definition) is 6. The van der Waals surface area contributed by atoms with E-state index in [9.17, 15) is 4.79 Å². The molecular weight excluding hydrogens is 272 g/mol. The van der Waals surface area contributed by atoms with Crippen LogP contribution >= 0.6 is 0 Å². The summed E-state index contributed by atoms with van der Waals surface area (Å²) in [7, 11) is 1.93. The van der Waals surface area contributed by atoms with Crippen molar-refractivity contribution in [2.45, 2.75) is 19.6 Å². The molecule has 1 aromatic heterocycles. The molecule has 1 unspecified atom stereocenters. The fourth-order valence-electron chi connectivity index (χ4n) is 2.23. The van der Waals surface area contributed by atoms with Gasteiger partial charge in [-0.2, -0.15) is 4.98 Å². The minimum atomic E-state index is -0.561. The number of para-hydroxylation sites is 2. The number of carbonyl (C=O) groups is 1. The van der Waals surface area contributed by atoms with Crippen LogP contribution in [0.25, 0.3) is 0 Å². The number of fused-ring (bicyclic) bond motifs is 1. The Balaban J connectivity index is 1.64. The van der Waals surface area contributed by atoms with Gasteiger partial charge in [0, 0.05) is 7.05 Å². The van der Waals surface area contributed by atoms with E-state index in [2.05, 4.69) is 15.5 Å². The molecule has 0 saturated carbocycles. The Hall–Kier alpha value is -2.57. The smallest absolute Gasteiger partial charge is 0.263 e. The molecule has 1 amide bonds. The zero-order valence-electron chi connectivity index (χ0n) is 11.9. The number of carbonyl (C=O) groups excluding carboxylic acids is 1. The molecule has 0 bridgehead atoms. The third kappa shape index (κ3) is 2.81. The van der Waals surface area contributed by atoms with Crippen molar-refractivity contribution in [1.82, 2.24) is 15.5 Å². The summed E-state index contributed by atoms with van der Waals surface area (Å²) in [4.78, 5) is 18.2. The molecule has 7 nitrogen and oxygen atoms in total. The van der Waals surface area contributed by atoms with Gasteiger partial charge in [-0.05, 0) is 19.1 Å². The van der Waals surface area contributed by atoms with Crippen molar-refractivity contribution in [3.05, 3.63) is 36.0 Å². The third-order valence-corrected chi connectivity index (χ3v) is 3.26.